The Balaban J connectivity index is 1.44. The third-order valence-corrected chi connectivity index (χ3v) is 5.25. The maximum Gasteiger partial charge on any atom is 0.233 e. The van der Waals surface area contributed by atoms with Gasteiger partial charge in [0.1, 0.15) is 5.75 Å². The Morgan fingerprint density at radius 3 is 2.37 bits per heavy atom. The van der Waals surface area contributed by atoms with Crippen molar-refractivity contribution in [1.29, 1.82) is 0 Å². The predicted molar refractivity (Wildman–Crippen MR) is 106 cm³/mol. The summed E-state index contributed by atoms with van der Waals surface area (Å²) in [6, 6.07) is 8.56. The number of ether oxygens (including phenoxy) is 1. The largest absolute Gasteiger partial charge is 0.497 e. The highest BCUT2D eigenvalue weighted by Gasteiger charge is 2.25. The Labute approximate surface area is 162 Å². The normalized spacial score (nSPS) is 17.4. The van der Waals surface area contributed by atoms with Gasteiger partial charge in [-0.15, -0.1) is 10.2 Å². The van der Waals surface area contributed by atoms with Gasteiger partial charge < -0.3 is 14.1 Å². The summed E-state index contributed by atoms with van der Waals surface area (Å²) in [7, 11) is 1.70. The van der Waals surface area contributed by atoms with Crippen LogP contribution in [-0.2, 0) is 12.8 Å². The first kappa shape index (κ1) is 19.8. The lowest BCUT2D eigenvalue weighted by atomic mass is 10.1. The van der Waals surface area contributed by atoms with Gasteiger partial charge in [-0.3, -0.25) is 4.90 Å². The van der Waals surface area contributed by atoms with E-state index >= 15 is 0 Å². The van der Waals surface area contributed by atoms with E-state index in [4.69, 9.17) is 9.15 Å². The molecular formula is C21H32N4O2. The van der Waals surface area contributed by atoms with E-state index in [1.165, 1.54) is 5.56 Å². The van der Waals surface area contributed by atoms with Crippen molar-refractivity contribution in [3.8, 4) is 5.75 Å². The molecule has 1 saturated heterocycles. The summed E-state index contributed by atoms with van der Waals surface area (Å²) >= 11 is 0. The lowest BCUT2D eigenvalue weighted by molar-refractivity contribution is 0.0914. The van der Waals surface area contributed by atoms with Crippen molar-refractivity contribution in [3.63, 3.8) is 0 Å². The minimum atomic E-state index is 0.183. The van der Waals surface area contributed by atoms with Crippen LogP contribution in [0.15, 0.2) is 28.7 Å². The van der Waals surface area contributed by atoms with Crippen LogP contribution in [0.4, 0.5) is 0 Å². The second-order valence-corrected chi connectivity index (χ2v) is 7.78. The van der Waals surface area contributed by atoms with Crippen LogP contribution in [0.2, 0.25) is 0 Å². The number of hydrogen-bond donors (Lipinski definition) is 0. The van der Waals surface area contributed by atoms with Gasteiger partial charge in [-0.25, -0.2) is 0 Å². The quantitative estimate of drug-likeness (QED) is 0.709. The minimum Gasteiger partial charge on any atom is -0.497 e. The Kier molecular flexibility index (Phi) is 6.85. The van der Waals surface area contributed by atoms with E-state index in [0.29, 0.717) is 5.92 Å². The topological polar surface area (TPSA) is 54.6 Å². The van der Waals surface area contributed by atoms with Crippen LogP contribution in [0.5, 0.6) is 5.75 Å². The zero-order valence-corrected chi connectivity index (χ0v) is 17.0. The zero-order chi connectivity index (χ0) is 19.2. The van der Waals surface area contributed by atoms with E-state index in [1.54, 1.807) is 7.11 Å². The summed E-state index contributed by atoms with van der Waals surface area (Å²) in [4.78, 5) is 4.97. The van der Waals surface area contributed by atoms with E-state index in [1.807, 2.05) is 12.1 Å². The average molecular weight is 373 g/mol. The number of benzene rings is 1. The molecule has 2 heterocycles. The molecule has 1 aliphatic rings. The molecule has 6 heteroatoms. The van der Waals surface area contributed by atoms with Crippen molar-refractivity contribution < 1.29 is 9.15 Å². The molecule has 0 radical (unpaired) electrons. The summed E-state index contributed by atoms with van der Waals surface area (Å²) in [5.41, 5.74) is 1.36. The van der Waals surface area contributed by atoms with Gasteiger partial charge in [0.15, 0.2) is 0 Å². The molecule has 6 nitrogen and oxygen atoms in total. The Bertz CT molecular complexity index is 690. The molecule has 0 bridgehead atoms. The maximum absolute atomic E-state index is 5.87. The molecule has 148 valence electrons. The highest BCUT2D eigenvalue weighted by Crippen LogP contribution is 2.21. The number of aromatic nitrogens is 2. The average Bonchev–Trinajstić information content (AvgIpc) is 3.14. The Hall–Kier alpha value is -1.92. The number of nitrogens with zero attached hydrogens (tertiary/aromatic N) is 4. The molecule has 1 atom stereocenters. The van der Waals surface area contributed by atoms with Gasteiger partial charge in [0, 0.05) is 39.1 Å². The van der Waals surface area contributed by atoms with Crippen molar-refractivity contribution in [1.82, 2.24) is 20.0 Å². The fraction of sp³-hybridized carbons (Fsp3) is 0.619. The molecule has 1 aromatic heterocycles. The van der Waals surface area contributed by atoms with Crippen molar-refractivity contribution in [2.45, 2.75) is 39.7 Å². The van der Waals surface area contributed by atoms with E-state index in [9.17, 15) is 0 Å². The summed E-state index contributed by atoms with van der Waals surface area (Å²) < 4.78 is 11.1. The molecule has 0 aliphatic carbocycles. The van der Waals surface area contributed by atoms with Gasteiger partial charge in [0.25, 0.3) is 0 Å². The Morgan fingerprint density at radius 2 is 1.74 bits per heavy atom. The highest BCUT2D eigenvalue weighted by molar-refractivity contribution is 5.27. The lowest BCUT2D eigenvalue weighted by Crippen LogP contribution is -2.47. The summed E-state index contributed by atoms with van der Waals surface area (Å²) in [6.45, 7) is 11.8. The lowest BCUT2D eigenvalue weighted by Gasteiger charge is -2.36. The SMILES string of the molecule is COc1ccc(CCN2CCN([C@H](C)c3nnc(CC(C)C)o3)CC2)cc1. The van der Waals surface area contributed by atoms with Crippen LogP contribution in [0, 0.1) is 5.92 Å². The van der Waals surface area contributed by atoms with Crippen LogP contribution in [-0.4, -0.2) is 59.8 Å². The molecular weight excluding hydrogens is 340 g/mol. The molecule has 1 aliphatic heterocycles. The second kappa shape index (κ2) is 9.33. The number of methoxy groups -OCH3 is 1. The molecule has 27 heavy (non-hydrogen) atoms. The summed E-state index contributed by atoms with van der Waals surface area (Å²) in [5, 5.41) is 8.47. The zero-order valence-electron chi connectivity index (χ0n) is 17.0. The van der Waals surface area contributed by atoms with Crippen molar-refractivity contribution in [2.24, 2.45) is 5.92 Å². The fourth-order valence-corrected chi connectivity index (χ4v) is 3.48. The smallest absolute Gasteiger partial charge is 0.233 e. The van der Waals surface area contributed by atoms with Gasteiger partial charge in [0.2, 0.25) is 11.8 Å². The van der Waals surface area contributed by atoms with Crippen molar-refractivity contribution >= 4 is 0 Å². The molecule has 1 fully saturated rings. The van der Waals surface area contributed by atoms with Crippen LogP contribution in [0.25, 0.3) is 0 Å². The molecule has 0 unspecified atom stereocenters. The monoisotopic (exact) mass is 372 g/mol. The minimum absolute atomic E-state index is 0.183. The standard InChI is InChI=1S/C21H32N4O2/c1-16(2)15-20-22-23-21(27-20)17(3)25-13-11-24(12-14-25)10-9-18-5-7-19(26-4)8-6-18/h5-8,16-17H,9-15H2,1-4H3/t17-/m1/s1. The molecule has 0 N–H and O–H groups in total. The number of hydrogen-bond acceptors (Lipinski definition) is 6. The molecule has 1 aromatic carbocycles. The molecule has 0 spiro atoms. The van der Waals surface area contributed by atoms with Crippen molar-refractivity contribution in [2.75, 3.05) is 39.8 Å². The summed E-state index contributed by atoms with van der Waals surface area (Å²) in [5.74, 6) is 2.95. The Morgan fingerprint density at radius 1 is 1.04 bits per heavy atom. The number of piperazine rings is 1. The van der Waals surface area contributed by atoms with Crippen LogP contribution < -0.4 is 4.74 Å². The molecule has 2 aromatic rings. The third-order valence-electron chi connectivity index (χ3n) is 5.25. The summed E-state index contributed by atoms with van der Waals surface area (Å²) in [6.07, 6.45) is 1.92. The first-order valence-electron chi connectivity index (χ1n) is 9.96. The predicted octanol–water partition coefficient (Wildman–Crippen LogP) is 3.20. The van der Waals surface area contributed by atoms with E-state index in [0.717, 1.165) is 63.1 Å². The van der Waals surface area contributed by atoms with Crippen LogP contribution in [0.3, 0.4) is 0 Å². The van der Waals surface area contributed by atoms with Crippen molar-refractivity contribution in [3.05, 3.63) is 41.6 Å². The van der Waals surface area contributed by atoms with Crippen LogP contribution >= 0.6 is 0 Å². The van der Waals surface area contributed by atoms with Gasteiger partial charge in [-0.1, -0.05) is 26.0 Å². The number of rotatable bonds is 8. The molecule has 0 amide bonds. The fourth-order valence-electron chi connectivity index (χ4n) is 3.48. The van der Waals surface area contributed by atoms with Gasteiger partial charge in [-0.2, -0.15) is 0 Å². The molecule has 0 saturated carbocycles. The van der Waals surface area contributed by atoms with E-state index < -0.39 is 0 Å². The second-order valence-electron chi connectivity index (χ2n) is 7.78. The van der Waals surface area contributed by atoms with Gasteiger partial charge in [-0.05, 0) is 37.0 Å². The maximum atomic E-state index is 5.87. The van der Waals surface area contributed by atoms with Gasteiger partial charge >= 0.3 is 0 Å². The highest BCUT2D eigenvalue weighted by atomic mass is 16.5. The van der Waals surface area contributed by atoms with E-state index in [-0.39, 0.29) is 6.04 Å². The van der Waals surface area contributed by atoms with E-state index in [2.05, 4.69) is 52.9 Å². The first-order chi connectivity index (χ1) is 13.0. The first-order valence-corrected chi connectivity index (χ1v) is 9.96. The van der Waals surface area contributed by atoms with Crippen LogP contribution in [0.1, 0.15) is 44.2 Å². The molecule has 3 rings (SSSR count). The van der Waals surface area contributed by atoms with Gasteiger partial charge in [0.05, 0.1) is 13.2 Å². The third kappa shape index (κ3) is 5.53.